The maximum absolute atomic E-state index is 12.7. The van der Waals surface area contributed by atoms with E-state index in [4.69, 9.17) is 0 Å². The standard InChI is InChI=1S/C18H24N4O2/c1-14(23)19-10-9-17-20-15-7-3-4-8-16(15)22(17)13-18(24)21-11-5-2-6-12-21/h3-4,7-8H,2,5-6,9-13H2,1H3,(H,19,23). The molecule has 2 heterocycles. The lowest BCUT2D eigenvalue weighted by molar-refractivity contribution is -0.132. The van der Waals surface area contributed by atoms with E-state index in [0.29, 0.717) is 19.5 Å². The first-order valence-electron chi connectivity index (χ1n) is 8.61. The number of aromatic nitrogens is 2. The minimum Gasteiger partial charge on any atom is -0.356 e. The van der Waals surface area contributed by atoms with Gasteiger partial charge in [0.2, 0.25) is 11.8 Å². The zero-order valence-corrected chi connectivity index (χ0v) is 14.1. The zero-order valence-electron chi connectivity index (χ0n) is 14.1. The molecular formula is C18H24N4O2. The fraction of sp³-hybridized carbons (Fsp3) is 0.500. The van der Waals surface area contributed by atoms with Gasteiger partial charge in [-0.25, -0.2) is 4.98 Å². The predicted octanol–water partition coefficient (Wildman–Crippen LogP) is 1.73. The Bertz CT molecular complexity index is 732. The summed E-state index contributed by atoms with van der Waals surface area (Å²) in [4.78, 5) is 30.3. The fourth-order valence-corrected chi connectivity index (χ4v) is 3.22. The van der Waals surface area contributed by atoms with Gasteiger partial charge in [-0.2, -0.15) is 0 Å². The van der Waals surface area contributed by atoms with E-state index in [2.05, 4.69) is 10.3 Å². The minimum atomic E-state index is -0.0537. The van der Waals surface area contributed by atoms with Crippen LogP contribution < -0.4 is 5.32 Å². The first-order chi connectivity index (χ1) is 11.6. The number of fused-ring (bicyclic) bond motifs is 1. The van der Waals surface area contributed by atoms with Crippen LogP contribution in [-0.2, 0) is 22.6 Å². The van der Waals surface area contributed by atoms with Crippen LogP contribution in [0.2, 0.25) is 0 Å². The molecule has 1 aliphatic heterocycles. The molecule has 0 atom stereocenters. The number of carbonyl (C=O) groups excluding carboxylic acids is 2. The van der Waals surface area contributed by atoms with Gasteiger partial charge in [0.1, 0.15) is 12.4 Å². The number of hydrogen-bond acceptors (Lipinski definition) is 3. The third-order valence-electron chi connectivity index (χ3n) is 4.46. The number of imidazole rings is 1. The highest BCUT2D eigenvalue weighted by Crippen LogP contribution is 2.18. The Morgan fingerprint density at radius 2 is 1.92 bits per heavy atom. The van der Waals surface area contributed by atoms with E-state index in [1.54, 1.807) is 0 Å². The van der Waals surface area contributed by atoms with Crippen LogP contribution >= 0.6 is 0 Å². The first kappa shape index (κ1) is 16.5. The van der Waals surface area contributed by atoms with Gasteiger partial charge in [0.05, 0.1) is 11.0 Å². The molecule has 1 aliphatic rings. The molecule has 2 aromatic rings. The molecule has 2 amide bonds. The molecule has 6 heteroatoms. The van der Waals surface area contributed by atoms with Crippen molar-refractivity contribution < 1.29 is 9.59 Å². The summed E-state index contributed by atoms with van der Waals surface area (Å²) < 4.78 is 1.99. The third-order valence-corrected chi connectivity index (χ3v) is 4.46. The number of piperidine rings is 1. The number of para-hydroxylation sites is 2. The second kappa shape index (κ2) is 7.47. The molecule has 128 valence electrons. The number of hydrogen-bond donors (Lipinski definition) is 1. The lowest BCUT2D eigenvalue weighted by Gasteiger charge is -2.27. The molecular weight excluding hydrogens is 304 g/mol. The lowest BCUT2D eigenvalue weighted by Crippen LogP contribution is -2.38. The van der Waals surface area contributed by atoms with Gasteiger partial charge in [0.15, 0.2) is 0 Å². The Morgan fingerprint density at radius 3 is 2.67 bits per heavy atom. The number of nitrogens with zero attached hydrogens (tertiary/aromatic N) is 3. The molecule has 0 unspecified atom stereocenters. The third kappa shape index (κ3) is 3.75. The number of carbonyl (C=O) groups is 2. The van der Waals surface area contributed by atoms with E-state index >= 15 is 0 Å². The first-order valence-corrected chi connectivity index (χ1v) is 8.61. The summed E-state index contributed by atoms with van der Waals surface area (Å²) in [5.74, 6) is 0.941. The maximum Gasteiger partial charge on any atom is 0.242 e. The van der Waals surface area contributed by atoms with E-state index < -0.39 is 0 Å². The molecule has 24 heavy (non-hydrogen) atoms. The van der Waals surface area contributed by atoms with E-state index in [1.807, 2.05) is 33.7 Å². The Morgan fingerprint density at radius 1 is 1.17 bits per heavy atom. The summed E-state index contributed by atoms with van der Waals surface area (Å²) in [6.45, 7) is 4.05. The van der Waals surface area contributed by atoms with Gasteiger partial charge in [-0.15, -0.1) is 0 Å². The van der Waals surface area contributed by atoms with Crippen molar-refractivity contribution in [3.8, 4) is 0 Å². The Kier molecular flexibility index (Phi) is 5.13. The van der Waals surface area contributed by atoms with Gasteiger partial charge in [-0.1, -0.05) is 12.1 Å². The van der Waals surface area contributed by atoms with Crippen LogP contribution in [0.15, 0.2) is 24.3 Å². The van der Waals surface area contributed by atoms with E-state index in [9.17, 15) is 9.59 Å². The average molecular weight is 328 g/mol. The van der Waals surface area contributed by atoms with Gasteiger partial charge < -0.3 is 14.8 Å². The van der Waals surface area contributed by atoms with Crippen LogP contribution in [0.3, 0.4) is 0 Å². The molecule has 6 nitrogen and oxygen atoms in total. The number of nitrogens with one attached hydrogen (secondary N) is 1. The topological polar surface area (TPSA) is 67.2 Å². The van der Waals surface area contributed by atoms with E-state index in [1.165, 1.54) is 13.3 Å². The molecule has 1 N–H and O–H groups in total. The molecule has 0 aliphatic carbocycles. The van der Waals surface area contributed by atoms with Crippen molar-refractivity contribution in [2.24, 2.45) is 0 Å². The highest BCUT2D eigenvalue weighted by molar-refractivity contribution is 5.81. The van der Waals surface area contributed by atoms with E-state index in [-0.39, 0.29) is 11.8 Å². The van der Waals surface area contributed by atoms with Gasteiger partial charge in [-0.05, 0) is 31.4 Å². The number of likely N-dealkylation sites (tertiary alicyclic amines) is 1. The monoisotopic (exact) mass is 328 g/mol. The quantitative estimate of drug-likeness (QED) is 0.909. The summed E-state index contributed by atoms with van der Waals surface area (Å²) in [6.07, 6.45) is 4.00. The smallest absolute Gasteiger partial charge is 0.242 e. The molecule has 1 saturated heterocycles. The van der Waals surface area contributed by atoms with E-state index in [0.717, 1.165) is 42.8 Å². The summed E-state index contributed by atoms with van der Waals surface area (Å²) in [6, 6.07) is 7.86. The summed E-state index contributed by atoms with van der Waals surface area (Å²) in [5, 5.41) is 2.79. The Hall–Kier alpha value is -2.37. The second-order valence-corrected chi connectivity index (χ2v) is 6.28. The van der Waals surface area contributed by atoms with Crippen molar-refractivity contribution in [2.75, 3.05) is 19.6 Å². The molecule has 0 saturated carbocycles. The molecule has 1 aromatic heterocycles. The van der Waals surface area contributed by atoms with Crippen LogP contribution in [-0.4, -0.2) is 45.9 Å². The fourth-order valence-electron chi connectivity index (χ4n) is 3.22. The largest absolute Gasteiger partial charge is 0.356 e. The van der Waals surface area contributed by atoms with Crippen LogP contribution in [0, 0.1) is 0 Å². The number of rotatable bonds is 5. The average Bonchev–Trinajstić information content (AvgIpc) is 2.93. The van der Waals surface area contributed by atoms with Crippen molar-refractivity contribution >= 4 is 22.8 Å². The van der Waals surface area contributed by atoms with Crippen molar-refractivity contribution in [3.63, 3.8) is 0 Å². The van der Waals surface area contributed by atoms with Crippen LogP contribution in [0.5, 0.6) is 0 Å². The summed E-state index contributed by atoms with van der Waals surface area (Å²) in [5.41, 5.74) is 1.86. The predicted molar refractivity (Wildman–Crippen MR) is 92.6 cm³/mol. The Balaban J connectivity index is 1.80. The Labute approximate surface area is 141 Å². The molecule has 0 spiro atoms. The molecule has 1 fully saturated rings. The maximum atomic E-state index is 12.7. The summed E-state index contributed by atoms with van der Waals surface area (Å²) in [7, 11) is 0. The zero-order chi connectivity index (χ0) is 16.9. The highest BCUT2D eigenvalue weighted by atomic mass is 16.2. The van der Waals surface area contributed by atoms with Gasteiger partial charge >= 0.3 is 0 Å². The van der Waals surface area contributed by atoms with Gasteiger partial charge in [-0.3, -0.25) is 9.59 Å². The number of benzene rings is 1. The second-order valence-electron chi connectivity index (χ2n) is 6.28. The normalized spacial score (nSPS) is 14.8. The molecule has 0 bridgehead atoms. The van der Waals surface area contributed by atoms with Gasteiger partial charge in [0, 0.05) is 33.0 Å². The van der Waals surface area contributed by atoms with Crippen LogP contribution in [0.25, 0.3) is 11.0 Å². The van der Waals surface area contributed by atoms with Crippen molar-refractivity contribution in [2.45, 2.75) is 39.2 Å². The highest BCUT2D eigenvalue weighted by Gasteiger charge is 2.19. The molecule has 1 aromatic carbocycles. The minimum absolute atomic E-state index is 0.0537. The van der Waals surface area contributed by atoms with Crippen molar-refractivity contribution in [1.82, 2.24) is 19.8 Å². The lowest BCUT2D eigenvalue weighted by atomic mass is 10.1. The molecule has 0 radical (unpaired) electrons. The molecule has 3 rings (SSSR count). The van der Waals surface area contributed by atoms with Crippen molar-refractivity contribution in [1.29, 1.82) is 0 Å². The van der Waals surface area contributed by atoms with Crippen LogP contribution in [0.1, 0.15) is 32.0 Å². The summed E-state index contributed by atoms with van der Waals surface area (Å²) >= 11 is 0. The van der Waals surface area contributed by atoms with Gasteiger partial charge in [0.25, 0.3) is 0 Å². The van der Waals surface area contributed by atoms with Crippen molar-refractivity contribution in [3.05, 3.63) is 30.1 Å². The SMILES string of the molecule is CC(=O)NCCc1nc2ccccc2n1CC(=O)N1CCCCC1. The number of amides is 2. The van der Waals surface area contributed by atoms with Crippen LogP contribution in [0.4, 0.5) is 0 Å².